The molecule has 29 heavy (non-hydrogen) atoms. The molecule has 0 atom stereocenters. The van der Waals surface area contributed by atoms with Crippen molar-refractivity contribution in [3.8, 4) is 11.3 Å². The van der Waals surface area contributed by atoms with Crippen molar-refractivity contribution in [3.05, 3.63) is 91.0 Å². The van der Waals surface area contributed by atoms with Crippen LogP contribution in [0.2, 0.25) is 0 Å². The number of anilines is 4. The van der Waals surface area contributed by atoms with Crippen LogP contribution in [0, 0.1) is 0 Å². The van der Waals surface area contributed by atoms with Crippen LogP contribution in [0.15, 0.2) is 85.5 Å². The molecule has 4 N–H and O–H groups in total. The van der Waals surface area contributed by atoms with E-state index in [0.29, 0.717) is 22.8 Å². The van der Waals surface area contributed by atoms with Crippen LogP contribution in [0.3, 0.4) is 0 Å². The third-order valence-electron chi connectivity index (χ3n) is 4.21. The van der Waals surface area contributed by atoms with Crippen molar-refractivity contribution < 1.29 is 4.79 Å². The van der Waals surface area contributed by atoms with Crippen LogP contribution in [0.1, 0.15) is 10.4 Å². The first-order valence-corrected chi connectivity index (χ1v) is 8.94. The highest BCUT2D eigenvalue weighted by Crippen LogP contribution is 2.21. The van der Waals surface area contributed by atoms with Gasteiger partial charge in [-0.15, -0.1) is 0 Å². The molecule has 0 spiro atoms. The van der Waals surface area contributed by atoms with Crippen LogP contribution in [0.5, 0.6) is 0 Å². The van der Waals surface area contributed by atoms with E-state index >= 15 is 0 Å². The lowest BCUT2D eigenvalue weighted by Crippen LogP contribution is -2.11. The molecule has 0 aliphatic rings. The van der Waals surface area contributed by atoms with E-state index in [1.165, 1.54) is 6.33 Å². The molecule has 0 radical (unpaired) electrons. The molecule has 4 rings (SSSR count). The monoisotopic (exact) mass is 382 g/mol. The SMILES string of the molecule is Nc1ccc(C(=O)Nc2ccc(Nc3cc(-c4cccnc4)ncn3)cc2)cc1. The Labute approximate surface area is 167 Å². The smallest absolute Gasteiger partial charge is 0.255 e. The van der Waals surface area contributed by atoms with Crippen LogP contribution < -0.4 is 16.4 Å². The van der Waals surface area contributed by atoms with Gasteiger partial charge in [-0.3, -0.25) is 9.78 Å². The number of hydrogen-bond acceptors (Lipinski definition) is 6. The summed E-state index contributed by atoms with van der Waals surface area (Å²) in [4.78, 5) is 24.9. The predicted molar refractivity (Wildman–Crippen MR) is 114 cm³/mol. The normalized spacial score (nSPS) is 10.3. The molecule has 7 nitrogen and oxygen atoms in total. The van der Waals surface area contributed by atoms with Gasteiger partial charge in [0.05, 0.1) is 5.69 Å². The first-order chi connectivity index (χ1) is 14.2. The summed E-state index contributed by atoms with van der Waals surface area (Å²) in [6, 6.07) is 19.8. The summed E-state index contributed by atoms with van der Waals surface area (Å²) in [5.41, 5.74) is 10.0. The summed E-state index contributed by atoms with van der Waals surface area (Å²) in [6.45, 7) is 0. The Morgan fingerprint density at radius 3 is 2.38 bits per heavy atom. The van der Waals surface area contributed by atoms with E-state index in [0.717, 1.165) is 16.9 Å². The number of nitrogens with two attached hydrogens (primary N) is 1. The number of pyridine rings is 1. The third kappa shape index (κ3) is 4.54. The zero-order chi connectivity index (χ0) is 20.1. The first-order valence-electron chi connectivity index (χ1n) is 8.94. The van der Waals surface area contributed by atoms with E-state index in [1.807, 2.05) is 42.5 Å². The molecule has 0 bridgehead atoms. The minimum absolute atomic E-state index is 0.192. The minimum atomic E-state index is -0.192. The maximum atomic E-state index is 12.3. The van der Waals surface area contributed by atoms with Gasteiger partial charge < -0.3 is 16.4 Å². The highest BCUT2D eigenvalue weighted by Gasteiger charge is 2.06. The van der Waals surface area contributed by atoms with E-state index in [2.05, 4.69) is 25.6 Å². The van der Waals surface area contributed by atoms with Gasteiger partial charge in [0.1, 0.15) is 12.1 Å². The van der Waals surface area contributed by atoms with Crippen LogP contribution in [-0.4, -0.2) is 20.9 Å². The van der Waals surface area contributed by atoms with E-state index in [1.54, 1.807) is 36.7 Å². The fourth-order valence-corrected chi connectivity index (χ4v) is 2.72. The first kappa shape index (κ1) is 18.1. The summed E-state index contributed by atoms with van der Waals surface area (Å²) < 4.78 is 0. The number of aromatic nitrogens is 3. The molecule has 2 heterocycles. The van der Waals surface area contributed by atoms with Crippen LogP contribution in [0.4, 0.5) is 22.9 Å². The maximum Gasteiger partial charge on any atom is 0.255 e. The van der Waals surface area contributed by atoms with Gasteiger partial charge in [-0.1, -0.05) is 0 Å². The number of nitrogens with zero attached hydrogens (tertiary/aromatic N) is 3. The highest BCUT2D eigenvalue weighted by molar-refractivity contribution is 6.04. The van der Waals surface area contributed by atoms with Gasteiger partial charge >= 0.3 is 0 Å². The predicted octanol–water partition coefficient (Wildman–Crippen LogP) is 4.12. The van der Waals surface area contributed by atoms with Gasteiger partial charge in [-0.05, 0) is 60.7 Å². The highest BCUT2D eigenvalue weighted by atomic mass is 16.1. The van der Waals surface area contributed by atoms with Crippen molar-refractivity contribution in [1.29, 1.82) is 0 Å². The number of nitrogen functional groups attached to an aromatic ring is 1. The zero-order valence-corrected chi connectivity index (χ0v) is 15.4. The number of rotatable bonds is 5. The fraction of sp³-hybridized carbons (Fsp3) is 0. The number of carbonyl (C=O) groups is 1. The Hall–Kier alpha value is -4.26. The quantitative estimate of drug-likeness (QED) is 0.449. The molecule has 0 aliphatic carbocycles. The molecule has 0 aliphatic heterocycles. The molecule has 2 aromatic heterocycles. The second-order valence-corrected chi connectivity index (χ2v) is 6.31. The second-order valence-electron chi connectivity index (χ2n) is 6.31. The standard InChI is InChI=1S/C22H18N6O/c23-17-5-3-15(4-6-17)22(29)28-19-9-7-18(8-10-19)27-21-12-20(25-14-26-21)16-2-1-11-24-13-16/h1-14H,23H2,(H,28,29)(H,25,26,27). The van der Waals surface area contributed by atoms with E-state index in [4.69, 9.17) is 5.73 Å². The zero-order valence-electron chi connectivity index (χ0n) is 15.4. The molecular weight excluding hydrogens is 364 g/mol. The Morgan fingerprint density at radius 1 is 0.897 bits per heavy atom. The number of amides is 1. The topological polar surface area (TPSA) is 106 Å². The van der Waals surface area contributed by atoms with Crippen molar-refractivity contribution in [1.82, 2.24) is 15.0 Å². The summed E-state index contributed by atoms with van der Waals surface area (Å²) in [6.07, 6.45) is 4.98. The van der Waals surface area contributed by atoms with Gasteiger partial charge in [0.15, 0.2) is 0 Å². The van der Waals surface area contributed by atoms with Crippen molar-refractivity contribution in [2.75, 3.05) is 16.4 Å². The van der Waals surface area contributed by atoms with Crippen LogP contribution >= 0.6 is 0 Å². The van der Waals surface area contributed by atoms with Gasteiger partial charge in [0, 0.05) is 46.6 Å². The average molecular weight is 382 g/mol. The Balaban J connectivity index is 1.43. The van der Waals surface area contributed by atoms with Gasteiger partial charge in [-0.2, -0.15) is 0 Å². The largest absolute Gasteiger partial charge is 0.399 e. The lowest BCUT2D eigenvalue weighted by Gasteiger charge is -2.09. The Kier molecular flexibility index (Phi) is 5.11. The summed E-state index contributed by atoms with van der Waals surface area (Å²) in [7, 11) is 0. The molecule has 0 fully saturated rings. The van der Waals surface area contributed by atoms with E-state index in [-0.39, 0.29) is 5.91 Å². The molecule has 7 heteroatoms. The summed E-state index contributed by atoms with van der Waals surface area (Å²) >= 11 is 0. The Morgan fingerprint density at radius 2 is 1.66 bits per heavy atom. The Bertz CT molecular complexity index is 1110. The van der Waals surface area contributed by atoms with Gasteiger partial charge in [0.25, 0.3) is 5.91 Å². The minimum Gasteiger partial charge on any atom is -0.399 e. The molecule has 1 amide bonds. The molecule has 0 saturated heterocycles. The molecule has 4 aromatic rings. The summed E-state index contributed by atoms with van der Waals surface area (Å²) in [5, 5.41) is 6.09. The molecule has 0 saturated carbocycles. The van der Waals surface area contributed by atoms with Crippen molar-refractivity contribution >= 4 is 28.8 Å². The van der Waals surface area contributed by atoms with Crippen molar-refractivity contribution in [2.45, 2.75) is 0 Å². The number of carbonyl (C=O) groups excluding carboxylic acids is 1. The lowest BCUT2D eigenvalue weighted by atomic mass is 10.2. The average Bonchev–Trinajstić information content (AvgIpc) is 2.76. The number of nitrogens with one attached hydrogen (secondary N) is 2. The molecule has 2 aromatic carbocycles. The van der Waals surface area contributed by atoms with Crippen molar-refractivity contribution in [2.24, 2.45) is 0 Å². The lowest BCUT2D eigenvalue weighted by molar-refractivity contribution is 0.102. The van der Waals surface area contributed by atoms with Gasteiger partial charge in [-0.25, -0.2) is 9.97 Å². The van der Waals surface area contributed by atoms with E-state index < -0.39 is 0 Å². The second kappa shape index (κ2) is 8.18. The fourth-order valence-electron chi connectivity index (χ4n) is 2.72. The van der Waals surface area contributed by atoms with Gasteiger partial charge in [0.2, 0.25) is 0 Å². The van der Waals surface area contributed by atoms with Crippen LogP contribution in [-0.2, 0) is 0 Å². The molecular formula is C22H18N6O. The van der Waals surface area contributed by atoms with Crippen LogP contribution in [0.25, 0.3) is 11.3 Å². The summed E-state index contributed by atoms with van der Waals surface area (Å²) in [5.74, 6) is 0.472. The van der Waals surface area contributed by atoms with Crippen molar-refractivity contribution in [3.63, 3.8) is 0 Å². The van der Waals surface area contributed by atoms with E-state index in [9.17, 15) is 4.79 Å². The maximum absolute atomic E-state index is 12.3. The molecule has 0 unspecified atom stereocenters. The number of hydrogen-bond donors (Lipinski definition) is 3. The molecule has 142 valence electrons. The number of benzene rings is 2. The third-order valence-corrected chi connectivity index (χ3v) is 4.21.